The first-order chi connectivity index (χ1) is 11.9. The number of nitrogens with one attached hydrogen (secondary N) is 1. The Morgan fingerprint density at radius 1 is 1.32 bits per heavy atom. The second-order valence-electron chi connectivity index (χ2n) is 6.25. The fourth-order valence-electron chi connectivity index (χ4n) is 2.83. The van der Waals surface area contributed by atoms with Gasteiger partial charge >= 0.3 is 12.0 Å². The van der Waals surface area contributed by atoms with E-state index in [0.717, 1.165) is 12.8 Å². The number of urea groups is 1. The number of benzene rings is 1. The summed E-state index contributed by atoms with van der Waals surface area (Å²) in [5.74, 6) is -0.819. The molecule has 1 fully saturated rings. The average Bonchev–Trinajstić information content (AvgIpc) is 2.61. The van der Waals surface area contributed by atoms with E-state index in [0.29, 0.717) is 30.9 Å². The number of nitrogens with zero attached hydrogens (tertiary/aromatic N) is 2. The fraction of sp³-hybridized carbons (Fsp3) is 0.500. The summed E-state index contributed by atoms with van der Waals surface area (Å²) in [5.41, 5.74) is 0.944. The minimum atomic E-state index is -0.418. The SMILES string of the molecule is CCOC(=O)c1cccc(NC(=O)C2CCCN(C(=O)N(C)C)C2)c1. The Balaban J connectivity index is 2.00. The lowest BCUT2D eigenvalue weighted by atomic mass is 9.97. The van der Waals surface area contributed by atoms with Gasteiger partial charge in [-0.3, -0.25) is 4.79 Å². The van der Waals surface area contributed by atoms with Crippen molar-refractivity contribution < 1.29 is 19.1 Å². The maximum Gasteiger partial charge on any atom is 0.338 e. The van der Waals surface area contributed by atoms with Gasteiger partial charge in [0.25, 0.3) is 0 Å². The van der Waals surface area contributed by atoms with Crippen LogP contribution >= 0.6 is 0 Å². The number of hydrogen-bond acceptors (Lipinski definition) is 4. The number of hydrogen-bond donors (Lipinski definition) is 1. The van der Waals surface area contributed by atoms with Crippen molar-refractivity contribution in [2.45, 2.75) is 19.8 Å². The topological polar surface area (TPSA) is 79.0 Å². The zero-order valence-corrected chi connectivity index (χ0v) is 14.9. The van der Waals surface area contributed by atoms with E-state index in [1.54, 1.807) is 50.2 Å². The number of ether oxygens (including phenoxy) is 1. The van der Waals surface area contributed by atoms with Gasteiger partial charge in [0, 0.05) is 32.9 Å². The van der Waals surface area contributed by atoms with Crippen LogP contribution in [0.15, 0.2) is 24.3 Å². The average molecular weight is 347 g/mol. The quantitative estimate of drug-likeness (QED) is 0.847. The van der Waals surface area contributed by atoms with Crippen LogP contribution in [0.25, 0.3) is 0 Å². The summed E-state index contributed by atoms with van der Waals surface area (Å²) in [7, 11) is 3.40. The Kier molecular flexibility index (Phi) is 6.38. The van der Waals surface area contributed by atoms with Crippen molar-refractivity contribution in [2.75, 3.05) is 39.1 Å². The predicted molar refractivity (Wildman–Crippen MR) is 94.4 cm³/mol. The number of likely N-dealkylation sites (tertiary alicyclic amines) is 1. The largest absolute Gasteiger partial charge is 0.462 e. The molecule has 1 aliphatic rings. The molecule has 2 rings (SSSR count). The summed E-state index contributed by atoms with van der Waals surface area (Å²) in [4.78, 5) is 39.6. The molecule has 1 aromatic carbocycles. The van der Waals surface area contributed by atoms with Crippen LogP contribution in [0, 0.1) is 5.92 Å². The molecule has 0 bridgehead atoms. The molecule has 25 heavy (non-hydrogen) atoms. The zero-order valence-electron chi connectivity index (χ0n) is 14.9. The molecule has 1 unspecified atom stereocenters. The molecule has 1 N–H and O–H groups in total. The van der Waals surface area contributed by atoms with Gasteiger partial charge in [0.2, 0.25) is 5.91 Å². The van der Waals surface area contributed by atoms with E-state index in [9.17, 15) is 14.4 Å². The molecule has 1 heterocycles. The highest BCUT2D eigenvalue weighted by Crippen LogP contribution is 2.20. The number of anilines is 1. The smallest absolute Gasteiger partial charge is 0.338 e. The molecule has 3 amide bonds. The maximum atomic E-state index is 12.5. The fourth-order valence-corrected chi connectivity index (χ4v) is 2.83. The molecule has 7 nitrogen and oxygen atoms in total. The monoisotopic (exact) mass is 347 g/mol. The van der Waals surface area contributed by atoms with Gasteiger partial charge in [-0.2, -0.15) is 0 Å². The molecule has 7 heteroatoms. The molecular formula is C18H25N3O4. The Hall–Kier alpha value is -2.57. The first-order valence-corrected chi connectivity index (χ1v) is 8.46. The highest BCUT2D eigenvalue weighted by molar-refractivity contribution is 5.95. The highest BCUT2D eigenvalue weighted by Gasteiger charge is 2.29. The van der Waals surface area contributed by atoms with Gasteiger partial charge in [0.1, 0.15) is 0 Å². The van der Waals surface area contributed by atoms with E-state index in [2.05, 4.69) is 5.32 Å². The van der Waals surface area contributed by atoms with Crippen LogP contribution in [-0.4, -0.2) is 61.5 Å². The van der Waals surface area contributed by atoms with Crippen LogP contribution in [0.5, 0.6) is 0 Å². The highest BCUT2D eigenvalue weighted by atomic mass is 16.5. The number of esters is 1. The minimum absolute atomic E-state index is 0.0817. The first-order valence-electron chi connectivity index (χ1n) is 8.46. The zero-order chi connectivity index (χ0) is 18.4. The minimum Gasteiger partial charge on any atom is -0.462 e. The van der Waals surface area contributed by atoms with Gasteiger partial charge in [-0.25, -0.2) is 9.59 Å². The van der Waals surface area contributed by atoms with E-state index in [4.69, 9.17) is 4.74 Å². The predicted octanol–water partition coefficient (Wildman–Crippen LogP) is 2.20. The van der Waals surface area contributed by atoms with Crippen LogP contribution in [0.2, 0.25) is 0 Å². The first kappa shape index (κ1) is 18.8. The number of carbonyl (C=O) groups is 3. The number of amides is 3. The van der Waals surface area contributed by atoms with Crippen LogP contribution in [0.3, 0.4) is 0 Å². The van der Waals surface area contributed by atoms with Crippen molar-refractivity contribution in [3.05, 3.63) is 29.8 Å². The van der Waals surface area contributed by atoms with Crippen molar-refractivity contribution in [3.8, 4) is 0 Å². The van der Waals surface area contributed by atoms with Crippen LogP contribution in [0.4, 0.5) is 10.5 Å². The molecule has 0 spiro atoms. The molecular weight excluding hydrogens is 322 g/mol. The molecule has 1 aromatic rings. The van der Waals surface area contributed by atoms with E-state index in [-0.39, 0.29) is 17.9 Å². The van der Waals surface area contributed by atoms with E-state index >= 15 is 0 Å². The van der Waals surface area contributed by atoms with Crippen molar-refractivity contribution in [1.82, 2.24) is 9.80 Å². The molecule has 1 saturated heterocycles. The van der Waals surface area contributed by atoms with Crippen molar-refractivity contribution in [3.63, 3.8) is 0 Å². The Bertz CT molecular complexity index is 645. The molecule has 0 saturated carbocycles. The second-order valence-corrected chi connectivity index (χ2v) is 6.25. The Morgan fingerprint density at radius 3 is 2.76 bits per heavy atom. The van der Waals surface area contributed by atoms with Crippen LogP contribution in [0.1, 0.15) is 30.1 Å². The third-order valence-electron chi connectivity index (χ3n) is 4.09. The number of piperidine rings is 1. The van der Waals surface area contributed by atoms with E-state index in [1.165, 1.54) is 4.90 Å². The molecule has 0 radical (unpaired) electrons. The number of carbonyl (C=O) groups excluding carboxylic acids is 3. The number of rotatable bonds is 4. The molecule has 1 atom stereocenters. The third kappa shape index (κ3) is 4.95. The van der Waals surface area contributed by atoms with Crippen molar-refractivity contribution in [2.24, 2.45) is 5.92 Å². The lowest BCUT2D eigenvalue weighted by molar-refractivity contribution is -0.121. The lowest BCUT2D eigenvalue weighted by Crippen LogP contribution is -2.47. The van der Waals surface area contributed by atoms with Gasteiger partial charge in [0.05, 0.1) is 18.1 Å². The van der Waals surface area contributed by atoms with Gasteiger partial charge < -0.3 is 19.9 Å². The lowest BCUT2D eigenvalue weighted by Gasteiger charge is -2.33. The maximum absolute atomic E-state index is 12.5. The summed E-state index contributed by atoms with van der Waals surface area (Å²) in [5, 5.41) is 2.84. The van der Waals surface area contributed by atoms with Crippen molar-refractivity contribution >= 4 is 23.6 Å². The summed E-state index contributed by atoms with van der Waals surface area (Å²) in [6.45, 7) is 3.11. The van der Waals surface area contributed by atoms with Gasteiger partial charge in [-0.05, 0) is 38.0 Å². The van der Waals surface area contributed by atoms with Crippen molar-refractivity contribution in [1.29, 1.82) is 0 Å². The summed E-state index contributed by atoms with van der Waals surface area (Å²) in [6, 6.07) is 6.59. The Labute approximate surface area is 147 Å². The van der Waals surface area contributed by atoms with Gasteiger partial charge in [0.15, 0.2) is 0 Å². The normalized spacial score (nSPS) is 16.9. The standard InChI is InChI=1S/C18H25N3O4/c1-4-25-17(23)13-7-5-9-15(11-13)19-16(22)14-8-6-10-21(12-14)18(24)20(2)3/h5,7,9,11,14H,4,6,8,10,12H2,1-3H3,(H,19,22). The molecule has 1 aliphatic heterocycles. The molecule has 136 valence electrons. The third-order valence-corrected chi connectivity index (χ3v) is 4.09. The van der Waals surface area contributed by atoms with Crippen LogP contribution < -0.4 is 5.32 Å². The summed E-state index contributed by atoms with van der Waals surface area (Å²) < 4.78 is 4.97. The van der Waals surface area contributed by atoms with Crippen LogP contribution in [-0.2, 0) is 9.53 Å². The summed E-state index contributed by atoms with van der Waals surface area (Å²) in [6.07, 6.45) is 1.53. The summed E-state index contributed by atoms with van der Waals surface area (Å²) >= 11 is 0. The van der Waals surface area contributed by atoms with E-state index < -0.39 is 5.97 Å². The second kappa shape index (κ2) is 8.50. The Morgan fingerprint density at radius 2 is 2.08 bits per heavy atom. The van der Waals surface area contributed by atoms with Gasteiger partial charge in [-0.1, -0.05) is 6.07 Å². The van der Waals surface area contributed by atoms with Gasteiger partial charge in [-0.15, -0.1) is 0 Å². The molecule has 0 aliphatic carbocycles. The molecule has 0 aromatic heterocycles. The van der Waals surface area contributed by atoms with E-state index in [1.807, 2.05) is 0 Å².